The van der Waals surface area contributed by atoms with Crippen LogP contribution in [0.1, 0.15) is 19.8 Å². The smallest absolute Gasteiger partial charge is 0.409 e. The lowest BCUT2D eigenvalue weighted by atomic mass is 9.90. The van der Waals surface area contributed by atoms with Crippen molar-refractivity contribution in [2.45, 2.75) is 31.0 Å². The van der Waals surface area contributed by atoms with Crippen molar-refractivity contribution >= 4 is 12.0 Å². The predicted molar refractivity (Wildman–Crippen MR) is 124 cm³/mol. The molecule has 0 radical (unpaired) electrons. The van der Waals surface area contributed by atoms with E-state index >= 15 is 0 Å². The molecule has 2 saturated heterocycles. The SMILES string of the molecule is CCOC(=O)N1CCC(O)(CN2CCN(C(=O)COC)C[C@@](O)(COc3cccc(F)c3F)C2)CC1. The second kappa shape index (κ2) is 12.1. The number of carbonyl (C=O) groups is 2. The van der Waals surface area contributed by atoms with Crippen molar-refractivity contribution in [3.8, 4) is 5.75 Å². The van der Waals surface area contributed by atoms with E-state index in [2.05, 4.69) is 0 Å². The first-order chi connectivity index (χ1) is 17.1. The summed E-state index contributed by atoms with van der Waals surface area (Å²) in [7, 11) is 1.39. The molecule has 0 aromatic heterocycles. The number of β-amino-alcohol motifs (C(OH)–C–C–N with tert-alkyl or cyclic N) is 2. The van der Waals surface area contributed by atoms with Gasteiger partial charge in [-0.25, -0.2) is 9.18 Å². The molecule has 3 rings (SSSR count). The predicted octanol–water partition coefficient (Wildman–Crippen LogP) is 0.849. The zero-order valence-electron chi connectivity index (χ0n) is 20.8. The molecule has 202 valence electrons. The Morgan fingerprint density at radius 1 is 1.03 bits per heavy atom. The van der Waals surface area contributed by atoms with Crippen molar-refractivity contribution in [1.82, 2.24) is 14.7 Å². The van der Waals surface area contributed by atoms with Gasteiger partial charge in [-0.2, -0.15) is 4.39 Å². The molecule has 12 heteroatoms. The maximum Gasteiger partial charge on any atom is 0.409 e. The largest absolute Gasteiger partial charge is 0.487 e. The lowest BCUT2D eigenvalue weighted by Crippen LogP contribution is -2.56. The summed E-state index contributed by atoms with van der Waals surface area (Å²) < 4.78 is 43.1. The van der Waals surface area contributed by atoms with Crippen LogP contribution in [0.3, 0.4) is 0 Å². The zero-order valence-corrected chi connectivity index (χ0v) is 20.8. The highest BCUT2D eigenvalue weighted by molar-refractivity contribution is 5.77. The lowest BCUT2D eigenvalue weighted by molar-refractivity contribution is -0.138. The van der Waals surface area contributed by atoms with Gasteiger partial charge in [-0.05, 0) is 31.9 Å². The third kappa shape index (κ3) is 7.25. The van der Waals surface area contributed by atoms with E-state index in [-0.39, 0.29) is 51.0 Å². The molecule has 1 atom stereocenters. The minimum atomic E-state index is -1.64. The maximum atomic E-state index is 14.1. The van der Waals surface area contributed by atoms with Crippen molar-refractivity contribution in [2.24, 2.45) is 0 Å². The van der Waals surface area contributed by atoms with Gasteiger partial charge < -0.3 is 34.2 Å². The maximum absolute atomic E-state index is 14.1. The Morgan fingerprint density at radius 2 is 1.75 bits per heavy atom. The number of benzene rings is 1. The average Bonchev–Trinajstić information content (AvgIpc) is 2.99. The number of nitrogens with zero attached hydrogens (tertiary/aromatic N) is 3. The average molecular weight is 516 g/mol. The van der Waals surface area contributed by atoms with Crippen molar-refractivity contribution in [2.75, 3.05) is 72.7 Å². The molecule has 1 aromatic rings. The van der Waals surface area contributed by atoms with Crippen molar-refractivity contribution < 1.29 is 42.8 Å². The third-order valence-corrected chi connectivity index (χ3v) is 6.46. The van der Waals surface area contributed by atoms with E-state index < -0.39 is 35.5 Å². The number of hydrogen-bond acceptors (Lipinski definition) is 8. The van der Waals surface area contributed by atoms with Crippen molar-refractivity contribution in [3.05, 3.63) is 29.8 Å². The number of rotatable bonds is 8. The first kappa shape index (κ1) is 28.0. The molecule has 36 heavy (non-hydrogen) atoms. The van der Waals surface area contributed by atoms with Crippen LogP contribution in [0.4, 0.5) is 13.6 Å². The third-order valence-electron chi connectivity index (χ3n) is 6.46. The fourth-order valence-corrected chi connectivity index (χ4v) is 4.60. The molecule has 0 saturated carbocycles. The molecular formula is C24H35F2N3O7. The summed E-state index contributed by atoms with van der Waals surface area (Å²) in [6.45, 7) is 2.78. The number of piperidine rings is 1. The molecule has 2 fully saturated rings. The second-order valence-corrected chi connectivity index (χ2v) is 9.43. The van der Waals surface area contributed by atoms with E-state index in [1.54, 1.807) is 11.8 Å². The van der Waals surface area contributed by atoms with Gasteiger partial charge in [0.2, 0.25) is 11.7 Å². The van der Waals surface area contributed by atoms with Crippen LogP contribution >= 0.6 is 0 Å². The summed E-state index contributed by atoms with van der Waals surface area (Å²) in [6, 6.07) is 3.51. The zero-order chi connectivity index (χ0) is 26.3. The quantitative estimate of drug-likeness (QED) is 0.524. The topological polar surface area (TPSA) is 112 Å². The van der Waals surface area contributed by atoms with E-state index in [0.29, 0.717) is 32.5 Å². The van der Waals surface area contributed by atoms with Crippen LogP contribution in [0.2, 0.25) is 0 Å². The highest BCUT2D eigenvalue weighted by Crippen LogP contribution is 2.27. The number of likely N-dealkylation sites (tertiary alicyclic amines) is 1. The van der Waals surface area contributed by atoms with Crippen LogP contribution in [-0.2, 0) is 14.3 Å². The molecule has 0 spiro atoms. The Bertz CT molecular complexity index is 914. The summed E-state index contributed by atoms with van der Waals surface area (Å²) in [5.41, 5.74) is -2.76. The summed E-state index contributed by atoms with van der Waals surface area (Å²) in [5, 5.41) is 22.7. The van der Waals surface area contributed by atoms with E-state index in [0.717, 1.165) is 6.07 Å². The van der Waals surface area contributed by atoms with E-state index in [1.807, 2.05) is 4.90 Å². The van der Waals surface area contributed by atoms with E-state index in [4.69, 9.17) is 14.2 Å². The molecule has 2 aliphatic rings. The highest BCUT2D eigenvalue weighted by atomic mass is 19.2. The molecule has 0 aliphatic carbocycles. The fraction of sp³-hybridized carbons (Fsp3) is 0.667. The number of hydrogen-bond donors (Lipinski definition) is 2. The summed E-state index contributed by atoms with van der Waals surface area (Å²) >= 11 is 0. The van der Waals surface area contributed by atoms with Crippen LogP contribution in [0.15, 0.2) is 18.2 Å². The first-order valence-corrected chi connectivity index (χ1v) is 12.0. The number of aliphatic hydroxyl groups is 2. The van der Waals surface area contributed by atoms with Crippen LogP contribution < -0.4 is 4.74 Å². The van der Waals surface area contributed by atoms with Gasteiger partial charge in [0.05, 0.1) is 18.8 Å². The summed E-state index contributed by atoms with van der Waals surface area (Å²) in [4.78, 5) is 29.3. The second-order valence-electron chi connectivity index (χ2n) is 9.43. The summed E-state index contributed by atoms with van der Waals surface area (Å²) in [6.07, 6.45) is 0.216. The number of ether oxygens (including phenoxy) is 3. The minimum absolute atomic E-state index is 0.0184. The van der Waals surface area contributed by atoms with Gasteiger partial charge in [-0.15, -0.1) is 0 Å². The highest BCUT2D eigenvalue weighted by Gasteiger charge is 2.42. The first-order valence-electron chi connectivity index (χ1n) is 12.0. The van der Waals surface area contributed by atoms with Crippen LogP contribution in [-0.4, -0.2) is 121 Å². The molecule has 1 aromatic carbocycles. The number of methoxy groups -OCH3 is 1. The molecule has 2 aliphatic heterocycles. The number of carbonyl (C=O) groups excluding carboxylic acids is 2. The summed E-state index contributed by atoms with van der Waals surface area (Å²) in [5.74, 6) is -2.92. The number of halogens is 2. The molecule has 2 amide bonds. The van der Waals surface area contributed by atoms with E-state index in [1.165, 1.54) is 24.1 Å². The Kier molecular flexibility index (Phi) is 9.45. The fourth-order valence-electron chi connectivity index (χ4n) is 4.60. The molecule has 2 N–H and O–H groups in total. The number of amides is 2. The van der Waals surface area contributed by atoms with Crippen LogP contribution in [0.25, 0.3) is 0 Å². The standard InChI is InChI=1S/C24H35F2N3O7/c1-3-35-22(31)28-9-7-23(32,8-10-28)14-27-11-12-29(20(30)13-34-2)16-24(33,15-27)17-36-19-6-4-5-18(25)21(19)26/h4-6,32-33H,3,7-17H2,1-2H3/t24-/m1/s1. The van der Waals surface area contributed by atoms with Gasteiger partial charge in [0.1, 0.15) is 18.8 Å². The van der Waals surface area contributed by atoms with Crippen molar-refractivity contribution in [3.63, 3.8) is 0 Å². The van der Waals surface area contributed by atoms with Gasteiger partial charge in [0.15, 0.2) is 11.6 Å². The van der Waals surface area contributed by atoms with Crippen molar-refractivity contribution in [1.29, 1.82) is 0 Å². The Morgan fingerprint density at radius 3 is 2.42 bits per heavy atom. The normalized spacial score (nSPS) is 22.7. The van der Waals surface area contributed by atoms with Crippen LogP contribution in [0.5, 0.6) is 5.75 Å². The Hall–Kier alpha value is -2.54. The molecule has 0 bridgehead atoms. The van der Waals surface area contributed by atoms with Crippen LogP contribution in [0, 0.1) is 11.6 Å². The van der Waals surface area contributed by atoms with Gasteiger partial charge in [-0.3, -0.25) is 9.69 Å². The van der Waals surface area contributed by atoms with E-state index in [9.17, 15) is 28.6 Å². The van der Waals surface area contributed by atoms with Gasteiger partial charge >= 0.3 is 6.09 Å². The Labute approximate surface area is 209 Å². The molecular weight excluding hydrogens is 480 g/mol. The lowest BCUT2D eigenvalue weighted by Gasteiger charge is -2.41. The Balaban J connectivity index is 1.71. The minimum Gasteiger partial charge on any atom is -0.487 e. The monoisotopic (exact) mass is 515 g/mol. The molecule has 0 unspecified atom stereocenters. The molecule has 2 heterocycles. The van der Waals surface area contributed by atoms with Gasteiger partial charge in [-0.1, -0.05) is 6.07 Å². The van der Waals surface area contributed by atoms with Gasteiger partial charge in [0.25, 0.3) is 0 Å². The van der Waals surface area contributed by atoms with Gasteiger partial charge in [0, 0.05) is 46.4 Å². The molecule has 10 nitrogen and oxygen atoms in total.